The van der Waals surface area contributed by atoms with Crippen molar-refractivity contribution in [2.24, 2.45) is 0 Å². The highest BCUT2D eigenvalue weighted by atomic mass is 19.1. The van der Waals surface area contributed by atoms with Crippen LogP contribution in [0.3, 0.4) is 0 Å². The highest BCUT2D eigenvalue weighted by Gasteiger charge is 2.19. The second-order valence-electron chi connectivity index (χ2n) is 4.25. The van der Waals surface area contributed by atoms with E-state index < -0.39 is 17.7 Å². The Kier molecular flexibility index (Phi) is 2.80. The fraction of sp³-hybridized carbons (Fsp3) is 0.0667. The molecule has 0 saturated carbocycles. The van der Waals surface area contributed by atoms with Crippen LogP contribution in [0.25, 0.3) is 11.0 Å². The smallest absolute Gasteiger partial charge is 0.140 e. The topological polar surface area (TPSA) is 33.4 Å². The van der Waals surface area contributed by atoms with Crippen LogP contribution < -0.4 is 0 Å². The van der Waals surface area contributed by atoms with Crippen LogP contribution in [0.2, 0.25) is 0 Å². The third-order valence-corrected chi connectivity index (χ3v) is 2.97. The lowest BCUT2D eigenvalue weighted by Gasteiger charge is -2.09. The van der Waals surface area contributed by atoms with E-state index >= 15 is 0 Å². The average molecular weight is 260 g/mol. The van der Waals surface area contributed by atoms with Crippen LogP contribution in [0, 0.1) is 11.6 Å². The molecule has 3 aromatic rings. The Labute approximate surface area is 107 Å². The lowest BCUT2D eigenvalue weighted by molar-refractivity contribution is 0.187. The van der Waals surface area contributed by atoms with E-state index in [1.807, 2.05) is 12.1 Å². The van der Waals surface area contributed by atoms with E-state index in [1.165, 1.54) is 0 Å². The van der Waals surface area contributed by atoms with Crippen molar-refractivity contribution in [1.29, 1.82) is 0 Å². The monoisotopic (exact) mass is 260 g/mol. The molecular formula is C15H10F2O2. The molecule has 0 aliphatic rings. The molecule has 0 aliphatic carbocycles. The Morgan fingerprint density at radius 1 is 1.00 bits per heavy atom. The number of aliphatic hydroxyl groups is 1. The number of aliphatic hydroxyl groups excluding tert-OH is 1. The van der Waals surface area contributed by atoms with Crippen LogP contribution in [-0.2, 0) is 0 Å². The number of fused-ring (bicyclic) bond motifs is 1. The zero-order valence-electron chi connectivity index (χ0n) is 9.81. The predicted molar refractivity (Wildman–Crippen MR) is 66.6 cm³/mol. The normalized spacial score (nSPS) is 12.8. The third kappa shape index (κ3) is 2.11. The lowest BCUT2D eigenvalue weighted by atomic mass is 10.1. The summed E-state index contributed by atoms with van der Waals surface area (Å²) in [4.78, 5) is 0. The molecule has 1 aromatic heterocycles. The summed E-state index contributed by atoms with van der Waals surface area (Å²) in [5.74, 6) is -1.09. The van der Waals surface area contributed by atoms with Gasteiger partial charge in [0.1, 0.15) is 29.1 Å². The molecule has 96 valence electrons. The van der Waals surface area contributed by atoms with Crippen molar-refractivity contribution in [3.8, 4) is 0 Å². The molecule has 0 amide bonds. The van der Waals surface area contributed by atoms with E-state index in [-0.39, 0.29) is 11.3 Å². The molecule has 0 aliphatic heterocycles. The van der Waals surface area contributed by atoms with Crippen molar-refractivity contribution in [2.75, 3.05) is 0 Å². The molecule has 19 heavy (non-hydrogen) atoms. The van der Waals surface area contributed by atoms with E-state index in [4.69, 9.17) is 4.42 Å². The van der Waals surface area contributed by atoms with Crippen LogP contribution in [0.1, 0.15) is 17.4 Å². The van der Waals surface area contributed by atoms with Crippen molar-refractivity contribution in [1.82, 2.24) is 0 Å². The maximum atomic E-state index is 13.6. The lowest BCUT2D eigenvalue weighted by Crippen LogP contribution is -2.02. The molecule has 1 N–H and O–H groups in total. The largest absolute Gasteiger partial charge is 0.458 e. The molecule has 0 saturated heterocycles. The Hall–Kier alpha value is -2.20. The van der Waals surface area contributed by atoms with Crippen LogP contribution in [0.15, 0.2) is 52.9 Å². The summed E-state index contributed by atoms with van der Waals surface area (Å²) in [6.07, 6.45) is -1.33. The Balaban J connectivity index is 2.07. The number of para-hydroxylation sites is 1. The molecule has 3 rings (SSSR count). The summed E-state index contributed by atoms with van der Waals surface area (Å²) in [6, 6.07) is 11.8. The van der Waals surface area contributed by atoms with Gasteiger partial charge in [0.15, 0.2) is 0 Å². The van der Waals surface area contributed by atoms with E-state index in [9.17, 15) is 13.9 Å². The van der Waals surface area contributed by atoms with Crippen molar-refractivity contribution in [3.63, 3.8) is 0 Å². The van der Waals surface area contributed by atoms with Gasteiger partial charge in [-0.25, -0.2) is 8.78 Å². The number of hydrogen-bond donors (Lipinski definition) is 1. The maximum Gasteiger partial charge on any atom is 0.140 e. The molecule has 1 heterocycles. The number of hydrogen-bond acceptors (Lipinski definition) is 2. The zero-order valence-corrected chi connectivity index (χ0v) is 9.81. The first-order valence-electron chi connectivity index (χ1n) is 5.76. The Morgan fingerprint density at radius 3 is 2.58 bits per heavy atom. The van der Waals surface area contributed by atoms with Crippen molar-refractivity contribution >= 4 is 11.0 Å². The second-order valence-corrected chi connectivity index (χ2v) is 4.25. The Bertz CT molecular complexity index is 701. The van der Waals surface area contributed by atoms with Gasteiger partial charge in [0.2, 0.25) is 0 Å². The van der Waals surface area contributed by atoms with Crippen molar-refractivity contribution in [2.45, 2.75) is 6.10 Å². The van der Waals surface area contributed by atoms with Crippen LogP contribution in [0.5, 0.6) is 0 Å². The first-order chi connectivity index (χ1) is 9.15. The molecule has 0 radical (unpaired) electrons. The number of furan rings is 1. The van der Waals surface area contributed by atoms with Crippen LogP contribution in [0.4, 0.5) is 8.78 Å². The van der Waals surface area contributed by atoms with E-state index in [0.717, 1.165) is 23.6 Å². The molecular weight excluding hydrogens is 250 g/mol. The summed E-state index contributed by atoms with van der Waals surface area (Å²) in [5.41, 5.74) is 0.451. The van der Waals surface area contributed by atoms with Crippen LogP contribution in [-0.4, -0.2) is 5.11 Å². The molecule has 1 unspecified atom stereocenters. The summed E-state index contributed by atoms with van der Waals surface area (Å²) >= 11 is 0. The van der Waals surface area contributed by atoms with E-state index in [2.05, 4.69) is 0 Å². The van der Waals surface area contributed by atoms with Crippen molar-refractivity contribution < 1.29 is 18.3 Å². The number of halogens is 2. The first-order valence-corrected chi connectivity index (χ1v) is 5.76. The highest BCUT2D eigenvalue weighted by Crippen LogP contribution is 2.29. The van der Waals surface area contributed by atoms with Crippen molar-refractivity contribution in [3.05, 3.63) is 71.5 Å². The van der Waals surface area contributed by atoms with Gasteiger partial charge in [-0.2, -0.15) is 0 Å². The summed E-state index contributed by atoms with van der Waals surface area (Å²) < 4.78 is 32.2. The molecule has 0 spiro atoms. The molecule has 2 nitrogen and oxygen atoms in total. The van der Waals surface area contributed by atoms with Gasteiger partial charge in [-0.15, -0.1) is 0 Å². The number of benzene rings is 2. The molecule has 2 aromatic carbocycles. The summed E-state index contributed by atoms with van der Waals surface area (Å²) in [7, 11) is 0. The first kappa shape index (κ1) is 11.9. The minimum atomic E-state index is -1.33. The predicted octanol–water partition coefficient (Wildman–Crippen LogP) is 3.79. The van der Waals surface area contributed by atoms with E-state index in [1.54, 1.807) is 18.2 Å². The quantitative estimate of drug-likeness (QED) is 0.760. The third-order valence-electron chi connectivity index (χ3n) is 2.97. The summed E-state index contributed by atoms with van der Waals surface area (Å²) in [5, 5.41) is 10.9. The number of rotatable bonds is 2. The molecule has 0 bridgehead atoms. The minimum absolute atomic E-state index is 0.140. The van der Waals surface area contributed by atoms with Gasteiger partial charge in [0.25, 0.3) is 0 Å². The SMILES string of the molecule is OC(c1cc2ccccc2o1)c1cc(F)ccc1F. The van der Waals surface area contributed by atoms with Gasteiger partial charge in [0.05, 0.1) is 0 Å². The Morgan fingerprint density at radius 2 is 1.79 bits per heavy atom. The van der Waals surface area contributed by atoms with Gasteiger partial charge in [-0.05, 0) is 30.3 Å². The fourth-order valence-corrected chi connectivity index (χ4v) is 2.01. The van der Waals surface area contributed by atoms with Gasteiger partial charge in [0, 0.05) is 10.9 Å². The molecule has 0 fully saturated rings. The van der Waals surface area contributed by atoms with Gasteiger partial charge < -0.3 is 9.52 Å². The summed E-state index contributed by atoms with van der Waals surface area (Å²) in [6.45, 7) is 0. The van der Waals surface area contributed by atoms with Crippen LogP contribution >= 0.6 is 0 Å². The average Bonchev–Trinajstić information content (AvgIpc) is 2.84. The molecule has 1 atom stereocenters. The second kappa shape index (κ2) is 4.48. The van der Waals surface area contributed by atoms with E-state index in [0.29, 0.717) is 5.58 Å². The van der Waals surface area contributed by atoms with Gasteiger partial charge in [-0.3, -0.25) is 0 Å². The zero-order chi connectivity index (χ0) is 13.4. The molecule has 4 heteroatoms. The van der Waals surface area contributed by atoms with Gasteiger partial charge >= 0.3 is 0 Å². The fourth-order valence-electron chi connectivity index (χ4n) is 2.01. The maximum absolute atomic E-state index is 13.6. The minimum Gasteiger partial charge on any atom is -0.458 e. The standard InChI is InChI=1S/C15H10F2O2/c16-10-5-6-12(17)11(8-10)15(18)14-7-9-3-1-2-4-13(9)19-14/h1-8,15,18H. The highest BCUT2D eigenvalue weighted by molar-refractivity contribution is 5.77. The van der Waals surface area contributed by atoms with Gasteiger partial charge in [-0.1, -0.05) is 18.2 Å².